The highest BCUT2D eigenvalue weighted by Crippen LogP contribution is 2.13. The number of unbranched alkanes of at least 4 members (excludes halogenated alkanes) is 1. The molecule has 4 nitrogen and oxygen atoms in total. The topological polar surface area (TPSA) is 43.1 Å². The van der Waals surface area contributed by atoms with Crippen LogP contribution in [0.3, 0.4) is 0 Å². The molecular weight excluding hydrogens is 212 g/mol. The van der Waals surface area contributed by atoms with Crippen molar-refractivity contribution in [2.75, 3.05) is 0 Å². The number of fused-ring (bicyclic) bond motifs is 1. The number of hydrogen-bond acceptors (Lipinski definition) is 3. The molecular formula is C10H13ClN4. The van der Waals surface area contributed by atoms with Gasteiger partial charge in [0.2, 0.25) is 0 Å². The maximum Gasteiger partial charge on any atom is 0.165 e. The Morgan fingerprint density at radius 3 is 2.93 bits per heavy atom. The summed E-state index contributed by atoms with van der Waals surface area (Å²) in [5, 5.41) is 8.70. The van der Waals surface area contributed by atoms with Crippen LogP contribution in [-0.2, 0) is 6.42 Å². The Bertz CT molecular complexity index is 477. The van der Waals surface area contributed by atoms with E-state index in [9.17, 15) is 0 Å². The van der Waals surface area contributed by atoms with Gasteiger partial charge in [0.1, 0.15) is 16.8 Å². The van der Waals surface area contributed by atoms with Gasteiger partial charge in [-0.05, 0) is 13.3 Å². The summed E-state index contributed by atoms with van der Waals surface area (Å²) in [6.07, 6.45) is 3.19. The van der Waals surface area contributed by atoms with Crippen molar-refractivity contribution >= 4 is 17.2 Å². The summed E-state index contributed by atoms with van der Waals surface area (Å²) in [5.74, 6) is 1.81. The minimum absolute atomic E-state index is 0.467. The second-order valence-electron chi connectivity index (χ2n) is 3.54. The zero-order valence-electron chi connectivity index (χ0n) is 8.87. The number of aromatic nitrogens is 4. The molecule has 0 spiro atoms. The van der Waals surface area contributed by atoms with Crippen molar-refractivity contribution in [3.05, 3.63) is 22.9 Å². The lowest BCUT2D eigenvalue weighted by Gasteiger charge is -2.02. The van der Waals surface area contributed by atoms with E-state index in [1.54, 1.807) is 6.07 Å². The molecule has 80 valence electrons. The van der Waals surface area contributed by atoms with Crippen molar-refractivity contribution in [2.45, 2.75) is 33.1 Å². The molecule has 0 aliphatic rings. The summed E-state index contributed by atoms with van der Waals surface area (Å²) in [4.78, 5) is 4.19. The van der Waals surface area contributed by atoms with Gasteiger partial charge in [-0.1, -0.05) is 24.9 Å². The highest BCUT2D eigenvalue weighted by molar-refractivity contribution is 6.29. The molecule has 2 aromatic rings. The van der Waals surface area contributed by atoms with Crippen LogP contribution in [0, 0.1) is 6.92 Å². The van der Waals surface area contributed by atoms with E-state index in [1.165, 1.54) is 0 Å². The summed E-state index contributed by atoms with van der Waals surface area (Å²) in [7, 11) is 0. The van der Waals surface area contributed by atoms with Crippen molar-refractivity contribution in [1.29, 1.82) is 0 Å². The quantitative estimate of drug-likeness (QED) is 0.753. The third kappa shape index (κ3) is 1.95. The number of hydrogen-bond donors (Lipinski definition) is 0. The van der Waals surface area contributed by atoms with Crippen molar-refractivity contribution in [2.24, 2.45) is 0 Å². The van der Waals surface area contributed by atoms with Crippen LogP contribution in [-0.4, -0.2) is 19.6 Å². The Labute approximate surface area is 93.3 Å². The molecule has 0 radical (unpaired) electrons. The van der Waals surface area contributed by atoms with Gasteiger partial charge in [0, 0.05) is 12.5 Å². The molecule has 0 saturated carbocycles. The molecule has 2 aromatic heterocycles. The maximum absolute atomic E-state index is 5.85. The Balaban J connectivity index is 2.49. The Morgan fingerprint density at radius 2 is 2.20 bits per heavy atom. The first kappa shape index (κ1) is 10.4. The van der Waals surface area contributed by atoms with E-state index in [0.717, 1.165) is 36.6 Å². The van der Waals surface area contributed by atoms with Gasteiger partial charge in [-0.25, -0.2) is 4.98 Å². The van der Waals surface area contributed by atoms with E-state index in [2.05, 4.69) is 22.1 Å². The summed E-state index contributed by atoms with van der Waals surface area (Å²) in [6.45, 7) is 4.07. The lowest BCUT2D eigenvalue weighted by molar-refractivity contribution is 0.734. The predicted molar refractivity (Wildman–Crippen MR) is 59.1 cm³/mol. The fourth-order valence-corrected chi connectivity index (χ4v) is 1.84. The Morgan fingerprint density at radius 1 is 1.40 bits per heavy atom. The van der Waals surface area contributed by atoms with Gasteiger partial charge in [0.15, 0.2) is 5.65 Å². The van der Waals surface area contributed by atoms with E-state index >= 15 is 0 Å². The molecule has 0 fully saturated rings. The normalized spacial score (nSPS) is 11.1. The lowest BCUT2D eigenvalue weighted by Crippen LogP contribution is -2.01. The van der Waals surface area contributed by atoms with Crippen LogP contribution >= 0.6 is 11.6 Å². The number of halogens is 1. The molecule has 2 heterocycles. The molecule has 15 heavy (non-hydrogen) atoms. The van der Waals surface area contributed by atoms with Gasteiger partial charge in [-0.15, -0.1) is 10.2 Å². The van der Waals surface area contributed by atoms with Gasteiger partial charge in [0.05, 0.1) is 0 Å². The molecule has 0 bridgehead atoms. The van der Waals surface area contributed by atoms with E-state index in [1.807, 2.05) is 11.3 Å². The smallest absolute Gasteiger partial charge is 0.165 e. The average Bonchev–Trinajstić information content (AvgIpc) is 2.58. The number of aryl methyl sites for hydroxylation is 2. The fraction of sp³-hybridized carbons (Fsp3) is 0.500. The number of nitrogens with zero attached hydrogens (tertiary/aromatic N) is 4. The van der Waals surface area contributed by atoms with Crippen LogP contribution in [0.5, 0.6) is 0 Å². The minimum Gasteiger partial charge on any atom is -0.267 e. The molecule has 2 rings (SSSR count). The average molecular weight is 225 g/mol. The van der Waals surface area contributed by atoms with Gasteiger partial charge in [-0.2, -0.15) is 0 Å². The summed E-state index contributed by atoms with van der Waals surface area (Å²) in [6, 6.07) is 1.73. The van der Waals surface area contributed by atoms with Crippen LogP contribution in [0.25, 0.3) is 5.65 Å². The predicted octanol–water partition coefficient (Wildman–Crippen LogP) is 2.43. The van der Waals surface area contributed by atoms with E-state index < -0.39 is 0 Å². The first-order valence-corrected chi connectivity index (χ1v) is 5.47. The van der Waals surface area contributed by atoms with Crippen LogP contribution in [0.15, 0.2) is 6.07 Å². The molecule has 0 amide bonds. The zero-order valence-corrected chi connectivity index (χ0v) is 9.62. The molecule has 0 aliphatic carbocycles. The van der Waals surface area contributed by atoms with E-state index in [0.29, 0.717) is 5.15 Å². The minimum atomic E-state index is 0.467. The largest absolute Gasteiger partial charge is 0.267 e. The first-order valence-electron chi connectivity index (χ1n) is 5.09. The highest BCUT2D eigenvalue weighted by Gasteiger charge is 2.08. The Kier molecular flexibility index (Phi) is 2.86. The van der Waals surface area contributed by atoms with E-state index in [4.69, 9.17) is 11.6 Å². The molecule has 0 aromatic carbocycles. The molecule has 0 aliphatic heterocycles. The van der Waals surface area contributed by atoms with Gasteiger partial charge < -0.3 is 0 Å². The van der Waals surface area contributed by atoms with E-state index in [-0.39, 0.29) is 0 Å². The number of rotatable bonds is 3. The highest BCUT2D eigenvalue weighted by atomic mass is 35.5. The van der Waals surface area contributed by atoms with Gasteiger partial charge >= 0.3 is 0 Å². The van der Waals surface area contributed by atoms with Crippen molar-refractivity contribution in [3.63, 3.8) is 0 Å². The SMILES string of the molecule is CCCCc1nnc2cc(Cl)nc(C)n12. The van der Waals surface area contributed by atoms with Crippen molar-refractivity contribution < 1.29 is 0 Å². The summed E-state index contributed by atoms with van der Waals surface area (Å²) in [5.41, 5.74) is 0.776. The first-order chi connectivity index (χ1) is 7.22. The second kappa shape index (κ2) is 4.14. The van der Waals surface area contributed by atoms with Crippen LogP contribution in [0.2, 0.25) is 5.15 Å². The summed E-state index contributed by atoms with van der Waals surface area (Å²) >= 11 is 5.85. The Hall–Kier alpha value is -1.16. The van der Waals surface area contributed by atoms with Crippen molar-refractivity contribution in [1.82, 2.24) is 19.6 Å². The van der Waals surface area contributed by atoms with Crippen LogP contribution < -0.4 is 0 Å². The molecule has 0 unspecified atom stereocenters. The van der Waals surface area contributed by atoms with Gasteiger partial charge in [-0.3, -0.25) is 4.40 Å². The molecule has 0 N–H and O–H groups in total. The third-order valence-corrected chi connectivity index (χ3v) is 2.54. The molecule has 0 atom stereocenters. The maximum atomic E-state index is 5.85. The lowest BCUT2D eigenvalue weighted by atomic mass is 10.2. The third-order valence-electron chi connectivity index (χ3n) is 2.35. The second-order valence-corrected chi connectivity index (χ2v) is 3.93. The van der Waals surface area contributed by atoms with Crippen molar-refractivity contribution in [3.8, 4) is 0 Å². The van der Waals surface area contributed by atoms with Gasteiger partial charge in [0.25, 0.3) is 0 Å². The fourth-order valence-electron chi connectivity index (χ4n) is 1.62. The molecule has 5 heteroatoms. The summed E-state index contributed by atoms with van der Waals surface area (Å²) < 4.78 is 1.96. The monoisotopic (exact) mass is 224 g/mol. The van der Waals surface area contributed by atoms with Crippen LogP contribution in [0.1, 0.15) is 31.4 Å². The molecule has 0 saturated heterocycles. The zero-order chi connectivity index (χ0) is 10.8. The standard InChI is InChI=1S/C10H13ClN4/c1-3-4-5-9-13-14-10-6-8(11)12-7(2)15(9)10/h6H,3-5H2,1-2H3. The van der Waals surface area contributed by atoms with Crippen LogP contribution in [0.4, 0.5) is 0 Å².